The van der Waals surface area contributed by atoms with E-state index in [0.29, 0.717) is 48.4 Å². The SMILES string of the molecule is Cc1cc(F)c([C@H](C)C2(C#N)CCN(C(=O)c3cccnc3-c3ccncn3)CC2)c(F)c1. The van der Waals surface area contributed by atoms with Gasteiger partial charge >= 0.3 is 0 Å². The van der Waals surface area contributed by atoms with Crippen LogP contribution in [-0.2, 0) is 0 Å². The van der Waals surface area contributed by atoms with Crippen molar-refractivity contribution in [3.05, 3.63) is 77.4 Å². The van der Waals surface area contributed by atoms with Crippen molar-refractivity contribution < 1.29 is 13.6 Å². The van der Waals surface area contributed by atoms with Crippen molar-refractivity contribution in [2.75, 3.05) is 13.1 Å². The zero-order valence-corrected chi connectivity index (χ0v) is 18.4. The molecule has 1 amide bonds. The predicted octanol–water partition coefficient (Wildman–Crippen LogP) is 4.67. The number of aryl methyl sites for hydroxylation is 1. The molecule has 0 radical (unpaired) electrons. The number of rotatable bonds is 4. The van der Waals surface area contributed by atoms with Gasteiger partial charge in [0, 0.05) is 37.0 Å². The van der Waals surface area contributed by atoms with Crippen molar-refractivity contribution in [3.63, 3.8) is 0 Å². The number of amides is 1. The van der Waals surface area contributed by atoms with Gasteiger partial charge in [0.15, 0.2) is 0 Å². The summed E-state index contributed by atoms with van der Waals surface area (Å²) >= 11 is 0. The van der Waals surface area contributed by atoms with Crippen LogP contribution in [0.4, 0.5) is 8.78 Å². The highest BCUT2D eigenvalue weighted by Gasteiger charge is 2.43. The fourth-order valence-corrected chi connectivity index (χ4v) is 4.53. The molecule has 1 fully saturated rings. The van der Waals surface area contributed by atoms with Gasteiger partial charge in [-0.3, -0.25) is 9.78 Å². The Balaban J connectivity index is 1.57. The summed E-state index contributed by atoms with van der Waals surface area (Å²) in [5.74, 6) is -2.16. The van der Waals surface area contributed by atoms with Crippen LogP contribution in [0.3, 0.4) is 0 Å². The number of piperidine rings is 1. The molecule has 0 aliphatic carbocycles. The van der Waals surface area contributed by atoms with Crippen LogP contribution in [0.2, 0.25) is 0 Å². The van der Waals surface area contributed by atoms with Gasteiger partial charge in [-0.1, -0.05) is 6.92 Å². The van der Waals surface area contributed by atoms with Crippen LogP contribution < -0.4 is 0 Å². The third-order valence-electron chi connectivity index (χ3n) is 6.51. The van der Waals surface area contributed by atoms with E-state index < -0.39 is 23.0 Å². The molecule has 0 saturated carbocycles. The van der Waals surface area contributed by atoms with Crippen molar-refractivity contribution in [1.82, 2.24) is 19.9 Å². The number of likely N-dealkylation sites (tertiary alicyclic amines) is 1. The second kappa shape index (κ2) is 9.02. The van der Waals surface area contributed by atoms with Gasteiger partial charge < -0.3 is 4.90 Å². The van der Waals surface area contributed by atoms with Gasteiger partial charge in [0.05, 0.1) is 22.7 Å². The van der Waals surface area contributed by atoms with Crippen LogP contribution in [0, 0.1) is 35.3 Å². The Hall–Kier alpha value is -3.73. The van der Waals surface area contributed by atoms with Gasteiger partial charge in [-0.15, -0.1) is 0 Å². The van der Waals surface area contributed by atoms with Gasteiger partial charge in [0.25, 0.3) is 5.91 Å². The standard InChI is InChI=1S/C25H23F2N5O/c1-16-12-19(26)22(20(27)13-16)17(2)25(14-28)6-10-32(11-7-25)24(33)18-4-3-8-30-23(18)21-5-9-29-15-31-21/h3-5,8-9,12-13,15,17H,6-7,10-11H2,1-2H3/t17-/m0/s1. The fraction of sp³-hybridized carbons (Fsp3) is 0.320. The predicted molar refractivity (Wildman–Crippen MR) is 118 cm³/mol. The number of hydrogen-bond donors (Lipinski definition) is 0. The van der Waals surface area contributed by atoms with E-state index >= 15 is 0 Å². The first kappa shape index (κ1) is 22.5. The van der Waals surface area contributed by atoms with Crippen LogP contribution in [0.15, 0.2) is 49.1 Å². The van der Waals surface area contributed by atoms with E-state index in [1.165, 1.54) is 18.5 Å². The van der Waals surface area contributed by atoms with Crippen molar-refractivity contribution in [2.45, 2.75) is 32.6 Å². The van der Waals surface area contributed by atoms with Crippen LogP contribution in [0.5, 0.6) is 0 Å². The molecular formula is C25H23F2N5O. The molecule has 1 atom stereocenters. The third-order valence-corrected chi connectivity index (χ3v) is 6.51. The van der Waals surface area contributed by atoms with Crippen LogP contribution in [-0.4, -0.2) is 38.8 Å². The Morgan fingerprint density at radius 1 is 1.15 bits per heavy atom. The molecule has 1 aliphatic heterocycles. The number of aromatic nitrogens is 3. The number of hydrogen-bond acceptors (Lipinski definition) is 5. The maximum atomic E-state index is 14.6. The zero-order valence-electron chi connectivity index (χ0n) is 18.4. The Morgan fingerprint density at radius 2 is 1.85 bits per heavy atom. The minimum atomic E-state index is -0.974. The average molecular weight is 447 g/mol. The summed E-state index contributed by atoms with van der Waals surface area (Å²) in [6, 6.07) is 9.96. The molecule has 2 aromatic heterocycles. The van der Waals surface area contributed by atoms with Gasteiger partial charge in [-0.05, 0) is 55.7 Å². The van der Waals surface area contributed by atoms with Crippen LogP contribution >= 0.6 is 0 Å². The number of pyridine rings is 1. The number of nitriles is 1. The summed E-state index contributed by atoms with van der Waals surface area (Å²) in [4.78, 5) is 27.4. The van der Waals surface area contributed by atoms with Gasteiger partial charge in [-0.2, -0.15) is 5.26 Å². The Kier molecular flexibility index (Phi) is 6.14. The highest BCUT2D eigenvalue weighted by molar-refractivity contribution is 5.99. The summed E-state index contributed by atoms with van der Waals surface area (Å²) in [6.45, 7) is 3.90. The number of halogens is 2. The van der Waals surface area contributed by atoms with E-state index in [1.54, 1.807) is 49.3 Å². The van der Waals surface area contributed by atoms with Gasteiger partial charge in [0.2, 0.25) is 0 Å². The molecule has 0 spiro atoms. The van der Waals surface area contributed by atoms with Crippen LogP contribution in [0.1, 0.15) is 47.2 Å². The second-order valence-electron chi connectivity index (χ2n) is 8.42. The minimum absolute atomic E-state index is 0.0692. The highest BCUT2D eigenvalue weighted by Crippen LogP contribution is 2.45. The molecular weight excluding hydrogens is 424 g/mol. The number of benzene rings is 1. The van der Waals surface area contributed by atoms with Gasteiger partial charge in [0.1, 0.15) is 23.7 Å². The Morgan fingerprint density at radius 3 is 2.45 bits per heavy atom. The number of nitrogens with zero attached hydrogens (tertiary/aromatic N) is 5. The lowest BCUT2D eigenvalue weighted by molar-refractivity contribution is 0.0620. The highest BCUT2D eigenvalue weighted by atomic mass is 19.1. The lowest BCUT2D eigenvalue weighted by Crippen LogP contribution is -2.45. The maximum absolute atomic E-state index is 14.6. The molecule has 3 aromatic rings. The summed E-state index contributed by atoms with van der Waals surface area (Å²) < 4.78 is 29.2. The molecule has 4 rings (SSSR count). The number of carbonyl (C=O) groups is 1. The molecule has 0 N–H and O–H groups in total. The first-order valence-electron chi connectivity index (χ1n) is 10.7. The van der Waals surface area contributed by atoms with E-state index in [4.69, 9.17) is 0 Å². The average Bonchev–Trinajstić information content (AvgIpc) is 2.83. The van der Waals surface area contributed by atoms with Crippen molar-refractivity contribution in [1.29, 1.82) is 5.26 Å². The van der Waals surface area contributed by atoms with Crippen LogP contribution in [0.25, 0.3) is 11.4 Å². The molecule has 1 aliphatic rings. The van der Waals surface area contributed by atoms with E-state index in [2.05, 4.69) is 21.0 Å². The lowest BCUT2D eigenvalue weighted by Gasteiger charge is -2.41. The normalized spacial score (nSPS) is 16.2. The first-order valence-corrected chi connectivity index (χ1v) is 10.7. The molecule has 168 valence electrons. The summed E-state index contributed by atoms with van der Waals surface area (Å²) in [7, 11) is 0. The summed E-state index contributed by atoms with van der Waals surface area (Å²) in [5.41, 5.74) is 0.848. The smallest absolute Gasteiger partial charge is 0.256 e. The van der Waals surface area contributed by atoms with E-state index in [-0.39, 0.29) is 11.5 Å². The van der Waals surface area contributed by atoms with Crippen molar-refractivity contribution in [3.8, 4) is 17.5 Å². The summed E-state index contributed by atoms with van der Waals surface area (Å²) in [6.07, 6.45) is 5.19. The van der Waals surface area contributed by atoms with E-state index in [9.17, 15) is 18.8 Å². The van der Waals surface area contributed by atoms with Gasteiger partial charge in [-0.25, -0.2) is 18.7 Å². The fourth-order valence-electron chi connectivity index (χ4n) is 4.53. The first-order chi connectivity index (χ1) is 15.9. The molecule has 1 aromatic carbocycles. The minimum Gasteiger partial charge on any atom is -0.338 e. The van der Waals surface area contributed by atoms with Crippen molar-refractivity contribution >= 4 is 5.91 Å². The number of carbonyl (C=O) groups excluding carboxylic acids is 1. The van der Waals surface area contributed by atoms with Crippen molar-refractivity contribution in [2.24, 2.45) is 5.41 Å². The maximum Gasteiger partial charge on any atom is 0.256 e. The monoisotopic (exact) mass is 447 g/mol. The third kappa shape index (κ3) is 4.19. The lowest BCUT2D eigenvalue weighted by atomic mass is 9.67. The second-order valence-corrected chi connectivity index (χ2v) is 8.42. The molecule has 1 saturated heterocycles. The largest absolute Gasteiger partial charge is 0.338 e. The van der Waals surface area contributed by atoms with E-state index in [0.717, 1.165) is 0 Å². The molecule has 33 heavy (non-hydrogen) atoms. The zero-order chi connectivity index (χ0) is 23.6. The topological polar surface area (TPSA) is 82.8 Å². The molecule has 3 heterocycles. The molecule has 0 unspecified atom stereocenters. The molecule has 0 bridgehead atoms. The Bertz CT molecular complexity index is 1190. The van der Waals surface area contributed by atoms with E-state index in [1.807, 2.05) is 0 Å². The molecule has 8 heteroatoms. The summed E-state index contributed by atoms with van der Waals surface area (Å²) in [5, 5.41) is 10.0. The quantitative estimate of drug-likeness (QED) is 0.580. The Labute approximate surface area is 190 Å². The molecule has 6 nitrogen and oxygen atoms in total.